The smallest absolute Gasteiger partial charge is 0.159 e. The van der Waals surface area contributed by atoms with Gasteiger partial charge in [-0.05, 0) is 72.8 Å². The Morgan fingerprint density at radius 3 is 1.73 bits per heavy atom. The van der Waals surface area contributed by atoms with Crippen LogP contribution < -0.4 is 10.4 Å². The largest absolute Gasteiger partial charge is 0.236 e. The molecule has 0 N–H and O–H groups in total. The van der Waals surface area contributed by atoms with Crippen LogP contribution in [0.25, 0.3) is 78.1 Å². The van der Waals surface area contributed by atoms with Crippen LogP contribution in [0.4, 0.5) is 0 Å². The first kappa shape index (κ1) is 22.9. The highest BCUT2D eigenvalue weighted by Crippen LogP contribution is 2.34. The van der Waals surface area contributed by atoms with Gasteiger partial charge in [0, 0.05) is 29.1 Å². The molecule has 0 bridgehead atoms. The molecule has 0 fully saturated rings. The fourth-order valence-electron chi connectivity index (χ4n) is 6.34. The van der Waals surface area contributed by atoms with Crippen molar-refractivity contribution < 1.29 is 0 Å². The van der Waals surface area contributed by atoms with Gasteiger partial charge in [-0.15, -0.1) is 0 Å². The molecule has 0 aliphatic heterocycles. The van der Waals surface area contributed by atoms with Gasteiger partial charge >= 0.3 is 0 Å². The maximum absolute atomic E-state index is 4.79. The van der Waals surface area contributed by atoms with Crippen LogP contribution in [-0.4, -0.2) is 9.97 Å². The molecule has 1 aliphatic carbocycles. The molecule has 0 saturated carbocycles. The summed E-state index contributed by atoms with van der Waals surface area (Å²) in [5, 5.41) is 10.2. The van der Waals surface area contributed by atoms with Gasteiger partial charge in [-0.3, -0.25) is 0 Å². The summed E-state index contributed by atoms with van der Waals surface area (Å²) in [6, 6.07) is 39.1. The van der Waals surface area contributed by atoms with E-state index in [-0.39, 0.29) is 0 Å². The standard InChI is InChI=1S/C38H26N2/c1-2-11-26(12-3-1)38-39-23-29(24-40-38)37-34-16-8-6-14-32(34)36(33-15-7-9-17-35(33)37)28-20-21-31-27(22-28)19-18-25-10-4-5-13-30(25)31/h1-6,8,10-24H,7,9H2. The molecule has 40 heavy (non-hydrogen) atoms. The predicted octanol–water partition coefficient (Wildman–Crippen LogP) is 8.29. The van der Waals surface area contributed by atoms with E-state index in [9.17, 15) is 0 Å². The molecule has 2 nitrogen and oxygen atoms in total. The lowest BCUT2D eigenvalue weighted by atomic mass is 9.86. The van der Waals surface area contributed by atoms with Crippen LogP contribution in [0, 0.1) is 0 Å². The summed E-state index contributed by atoms with van der Waals surface area (Å²) < 4.78 is 0. The lowest BCUT2D eigenvalue weighted by Crippen LogP contribution is -2.31. The van der Waals surface area contributed by atoms with Gasteiger partial charge in [0.05, 0.1) is 0 Å². The summed E-state index contributed by atoms with van der Waals surface area (Å²) in [5.74, 6) is 0.748. The van der Waals surface area contributed by atoms with Gasteiger partial charge in [-0.1, -0.05) is 115 Å². The first-order chi connectivity index (χ1) is 19.8. The molecule has 0 spiro atoms. The average molecular weight is 511 g/mol. The third-order valence-corrected chi connectivity index (χ3v) is 8.16. The SMILES string of the molecule is C1=c2c(-c3cnc(-c4ccccc4)nc3)c3ccccc3c(-c3ccc4c(ccc5ccccc54)c3)c2=CCC1. The lowest BCUT2D eigenvalue weighted by molar-refractivity contribution is 1.12. The summed E-state index contributed by atoms with van der Waals surface area (Å²) >= 11 is 0. The van der Waals surface area contributed by atoms with E-state index in [1.165, 1.54) is 59.4 Å². The van der Waals surface area contributed by atoms with E-state index < -0.39 is 0 Å². The molecule has 0 amide bonds. The van der Waals surface area contributed by atoms with Gasteiger partial charge in [-0.25, -0.2) is 9.97 Å². The Morgan fingerprint density at radius 2 is 1.00 bits per heavy atom. The average Bonchev–Trinajstić information content (AvgIpc) is 3.04. The van der Waals surface area contributed by atoms with Crippen LogP contribution in [0.1, 0.15) is 12.8 Å². The van der Waals surface area contributed by atoms with Crippen molar-refractivity contribution in [2.45, 2.75) is 12.8 Å². The first-order valence-electron chi connectivity index (χ1n) is 13.9. The van der Waals surface area contributed by atoms with E-state index in [0.717, 1.165) is 29.8 Å². The highest BCUT2D eigenvalue weighted by Gasteiger charge is 2.17. The maximum atomic E-state index is 4.79. The molecular weight excluding hydrogens is 484 g/mol. The zero-order valence-corrected chi connectivity index (χ0v) is 22.0. The van der Waals surface area contributed by atoms with E-state index in [4.69, 9.17) is 9.97 Å². The summed E-state index contributed by atoms with van der Waals surface area (Å²) in [6.45, 7) is 0. The van der Waals surface area contributed by atoms with Crippen molar-refractivity contribution in [2.24, 2.45) is 0 Å². The molecule has 1 aromatic heterocycles. The van der Waals surface area contributed by atoms with Gasteiger partial charge in [0.25, 0.3) is 0 Å². The zero-order chi connectivity index (χ0) is 26.5. The molecule has 0 atom stereocenters. The van der Waals surface area contributed by atoms with E-state index in [0.29, 0.717) is 0 Å². The third-order valence-electron chi connectivity index (χ3n) is 8.16. The minimum atomic E-state index is 0.748. The Kier molecular flexibility index (Phi) is 5.31. The highest BCUT2D eigenvalue weighted by atomic mass is 14.9. The minimum Gasteiger partial charge on any atom is -0.236 e. The van der Waals surface area contributed by atoms with Crippen molar-refractivity contribution in [2.75, 3.05) is 0 Å². The number of hydrogen-bond acceptors (Lipinski definition) is 2. The number of fused-ring (bicyclic) bond motifs is 5. The number of hydrogen-bond donors (Lipinski definition) is 0. The molecule has 1 heterocycles. The van der Waals surface area contributed by atoms with Gasteiger partial charge in [-0.2, -0.15) is 0 Å². The molecule has 8 rings (SSSR count). The fourth-order valence-corrected chi connectivity index (χ4v) is 6.34. The van der Waals surface area contributed by atoms with Crippen LogP contribution in [-0.2, 0) is 0 Å². The number of nitrogens with zero attached hydrogens (tertiary/aromatic N) is 2. The molecule has 1 aliphatic rings. The van der Waals surface area contributed by atoms with Crippen molar-refractivity contribution in [1.29, 1.82) is 0 Å². The number of benzene rings is 6. The second kappa shape index (κ2) is 9.29. The van der Waals surface area contributed by atoms with Gasteiger partial charge < -0.3 is 0 Å². The molecule has 0 saturated heterocycles. The molecule has 6 aromatic carbocycles. The lowest BCUT2D eigenvalue weighted by Gasteiger charge is -2.18. The van der Waals surface area contributed by atoms with Crippen LogP contribution in [0.2, 0.25) is 0 Å². The molecule has 0 unspecified atom stereocenters. The van der Waals surface area contributed by atoms with Crippen molar-refractivity contribution >= 4 is 44.5 Å². The topological polar surface area (TPSA) is 25.8 Å². The predicted molar refractivity (Wildman–Crippen MR) is 168 cm³/mol. The second-order valence-corrected chi connectivity index (χ2v) is 10.5. The van der Waals surface area contributed by atoms with E-state index >= 15 is 0 Å². The van der Waals surface area contributed by atoms with Crippen LogP contribution in [0.3, 0.4) is 0 Å². The quantitative estimate of drug-likeness (QED) is 0.224. The van der Waals surface area contributed by atoms with Gasteiger partial charge in [0.15, 0.2) is 5.82 Å². The normalized spacial score (nSPS) is 12.7. The Bertz CT molecular complexity index is 2190. The summed E-state index contributed by atoms with van der Waals surface area (Å²) in [7, 11) is 0. The third kappa shape index (κ3) is 3.65. The number of aromatic nitrogens is 2. The summed E-state index contributed by atoms with van der Waals surface area (Å²) in [6.07, 6.45) is 10.9. The van der Waals surface area contributed by atoms with Crippen molar-refractivity contribution in [3.05, 3.63) is 132 Å². The van der Waals surface area contributed by atoms with E-state index in [2.05, 4.69) is 103 Å². The van der Waals surface area contributed by atoms with Crippen molar-refractivity contribution in [1.82, 2.24) is 9.97 Å². The molecule has 0 radical (unpaired) electrons. The second-order valence-electron chi connectivity index (χ2n) is 10.5. The monoisotopic (exact) mass is 510 g/mol. The Hall–Kier alpha value is -5.08. The molecular formula is C38H26N2. The van der Waals surface area contributed by atoms with Crippen LogP contribution in [0.15, 0.2) is 122 Å². The molecule has 188 valence electrons. The van der Waals surface area contributed by atoms with Gasteiger partial charge in [0.2, 0.25) is 0 Å². The number of rotatable bonds is 3. The van der Waals surface area contributed by atoms with Crippen LogP contribution in [0.5, 0.6) is 0 Å². The van der Waals surface area contributed by atoms with Crippen LogP contribution >= 0.6 is 0 Å². The van der Waals surface area contributed by atoms with Gasteiger partial charge in [0.1, 0.15) is 0 Å². The summed E-state index contributed by atoms with van der Waals surface area (Å²) in [5.41, 5.74) is 5.86. The van der Waals surface area contributed by atoms with Crippen molar-refractivity contribution in [3.63, 3.8) is 0 Å². The summed E-state index contributed by atoms with van der Waals surface area (Å²) in [4.78, 5) is 9.57. The minimum absolute atomic E-state index is 0.748. The Morgan fingerprint density at radius 1 is 0.425 bits per heavy atom. The Balaban J connectivity index is 1.38. The van der Waals surface area contributed by atoms with Crippen molar-refractivity contribution in [3.8, 4) is 33.6 Å². The highest BCUT2D eigenvalue weighted by molar-refractivity contribution is 6.10. The van der Waals surface area contributed by atoms with E-state index in [1.807, 2.05) is 30.6 Å². The fraction of sp³-hybridized carbons (Fsp3) is 0.0526. The Labute approximate surface area is 232 Å². The molecule has 2 heteroatoms. The maximum Gasteiger partial charge on any atom is 0.159 e. The molecule has 7 aromatic rings. The first-order valence-corrected chi connectivity index (χ1v) is 13.9. The van der Waals surface area contributed by atoms with E-state index in [1.54, 1.807) is 0 Å². The zero-order valence-electron chi connectivity index (χ0n) is 22.0.